The lowest BCUT2D eigenvalue weighted by Gasteiger charge is -2.36. The Hall–Kier alpha value is -1.10. The Bertz CT molecular complexity index is 362. The van der Waals surface area contributed by atoms with Gasteiger partial charge < -0.3 is 15.0 Å². The molecule has 0 bridgehead atoms. The van der Waals surface area contributed by atoms with Crippen LogP contribution in [-0.4, -0.2) is 49.1 Å². The van der Waals surface area contributed by atoms with Crippen molar-refractivity contribution in [1.82, 2.24) is 10.2 Å². The third-order valence-electron chi connectivity index (χ3n) is 4.07. The average Bonchev–Trinajstić information content (AvgIpc) is 2.91. The predicted molar refractivity (Wildman–Crippen MR) is 76.1 cm³/mol. The van der Waals surface area contributed by atoms with E-state index in [1.165, 1.54) is 0 Å². The van der Waals surface area contributed by atoms with Crippen molar-refractivity contribution < 1.29 is 14.3 Å². The number of carbonyl (C=O) groups is 2. The molecule has 2 heterocycles. The Labute approximate surface area is 121 Å². The van der Waals surface area contributed by atoms with Crippen molar-refractivity contribution in [3.05, 3.63) is 0 Å². The van der Waals surface area contributed by atoms with Crippen LogP contribution in [0.25, 0.3) is 0 Å². The van der Waals surface area contributed by atoms with Crippen LogP contribution in [0.3, 0.4) is 0 Å². The molecule has 0 aromatic heterocycles. The number of piperidine rings is 1. The summed E-state index contributed by atoms with van der Waals surface area (Å²) >= 11 is 0. The molecule has 1 atom stereocenters. The van der Waals surface area contributed by atoms with Crippen LogP contribution < -0.4 is 5.32 Å². The van der Waals surface area contributed by atoms with E-state index in [0.29, 0.717) is 13.2 Å². The molecule has 5 nitrogen and oxygen atoms in total. The van der Waals surface area contributed by atoms with Crippen molar-refractivity contribution in [2.45, 2.75) is 46.1 Å². The molecule has 20 heavy (non-hydrogen) atoms. The number of amides is 2. The van der Waals surface area contributed by atoms with E-state index in [2.05, 4.69) is 5.32 Å². The number of ether oxygens (including phenoxy) is 1. The Balaban J connectivity index is 1.77. The number of nitrogens with one attached hydrogen (secondary N) is 1. The second-order valence-corrected chi connectivity index (χ2v) is 6.89. The quantitative estimate of drug-likeness (QED) is 0.827. The van der Waals surface area contributed by atoms with Crippen molar-refractivity contribution in [3.63, 3.8) is 0 Å². The van der Waals surface area contributed by atoms with E-state index in [1.807, 2.05) is 25.7 Å². The maximum atomic E-state index is 12.2. The number of hydrogen-bond donors (Lipinski definition) is 1. The summed E-state index contributed by atoms with van der Waals surface area (Å²) in [5.74, 6) is 0.332. The van der Waals surface area contributed by atoms with Gasteiger partial charge in [0, 0.05) is 31.2 Å². The molecular formula is C15H26N2O3. The summed E-state index contributed by atoms with van der Waals surface area (Å²) in [7, 11) is 0. The first kappa shape index (κ1) is 15.3. The van der Waals surface area contributed by atoms with Crippen molar-refractivity contribution in [2.24, 2.45) is 11.3 Å². The van der Waals surface area contributed by atoms with Gasteiger partial charge in [0.1, 0.15) is 0 Å². The number of rotatable bonds is 2. The third-order valence-corrected chi connectivity index (χ3v) is 4.07. The predicted octanol–water partition coefficient (Wildman–Crippen LogP) is 1.18. The standard InChI is InChI=1S/C15H26N2O3/c1-15(2,3)14(19)17-7-4-12(5-8-17)16-13(18)11-6-9-20-10-11/h11-12H,4-10H2,1-3H3,(H,16,18). The molecule has 2 rings (SSSR count). The van der Waals surface area contributed by atoms with Gasteiger partial charge in [-0.05, 0) is 19.3 Å². The van der Waals surface area contributed by atoms with Gasteiger partial charge in [0.25, 0.3) is 0 Å². The maximum Gasteiger partial charge on any atom is 0.227 e. The van der Waals surface area contributed by atoms with Gasteiger partial charge in [-0.1, -0.05) is 20.8 Å². The summed E-state index contributed by atoms with van der Waals surface area (Å²) in [5, 5.41) is 3.10. The summed E-state index contributed by atoms with van der Waals surface area (Å²) in [6.07, 6.45) is 2.52. The van der Waals surface area contributed by atoms with E-state index >= 15 is 0 Å². The number of hydrogen-bond acceptors (Lipinski definition) is 3. The Morgan fingerprint density at radius 3 is 2.30 bits per heavy atom. The van der Waals surface area contributed by atoms with Crippen LogP contribution in [-0.2, 0) is 14.3 Å². The van der Waals surface area contributed by atoms with Gasteiger partial charge in [-0.3, -0.25) is 9.59 Å². The van der Waals surface area contributed by atoms with Crippen LogP contribution in [0.2, 0.25) is 0 Å². The van der Waals surface area contributed by atoms with Crippen LogP contribution in [0, 0.1) is 11.3 Å². The molecule has 0 aliphatic carbocycles. The summed E-state index contributed by atoms with van der Waals surface area (Å²) in [6, 6.07) is 0.201. The zero-order chi connectivity index (χ0) is 14.8. The SMILES string of the molecule is CC(C)(C)C(=O)N1CCC(NC(=O)C2CCOC2)CC1. The van der Waals surface area contributed by atoms with Crippen LogP contribution in [0.4, 0.5) is 0 Å². The first-order valence-electron chi connectivity index (χ1n) is 7.55. The molecule has 2 amide bonds. The highest BCUT2D eigenvalue weighted by Crippen LogP contribution is 2.21. The molecule has 114 valence electrons. The van der Waals surface area contributed by atoms with Crippen molar-refractivity contribution >= 4 is 11.8 Å². The highest BCUT2D eigenvalue weighted by Gasteiger charge is 2.32. The molecule has 1 N–H and O–H groups in total. The monoisotopic (exact) mass is 282 g/mol. The van der Waals surface area contributed by atoms with Crippen LogP contribution in [0.1, 0.15) is 40.0 Å². The molecule has 2 saturated heterocycles. The lowest BCUT2D eigenvalue weighted by molar-refractivity contribution is -0.140. The molecule has 0 saturated carbocycles. The molecule has 0 aromatic carbocycles. The maximum absolute atomic E-state index is 12.2. The van der Waals surface area contributed by atoms with Gasteiger partial charge in [0.15, 0.2) is 0 Å². The van der Waals surface area contributed by atoms with E-state index in [-0.39, 0.29) is 29.2 Å². The van der Waals surface area contributed by atoms with Gasteiger partial charge in [-0.15, -0.1) is 0 Å². The smallest absolute Gasteiger partial charge is 0.227 e. The normalized spacial score (nSPS) is 24.8. The van der Waals surface area contributed by atoms with Gasteiger partial charge >= 0.3 is 0 Å². The first-order chi connectivity index (χ1) is 9.38. The fourth-order valence-corrected chi connectivity index (χ4v) is 2.76. The highest BCUT2D eigenvalue weighted by molar-refractivity contribution is 5.82. The fourth-order valence-electron chi connectivity index (χ4n) is 2.76. The Kier molecular flexibility index (Phi) is 4.68. The summed E-state index contributed by atoms with van der Waals surface area (Å²) in [6.45, 7) is 8.56. The van der Waals surface area contributed by atoms with Gasteiger partial charge in [-0.2, -0.15) is 0 Å². The number of carbonyl (C=O) groups excluding carboxylic acids is 2. The molecule has 2 fully saturated rings. The second kappa shape index (κ2) is 6.12. The lowest BCUT2D eigenvalue weighted by atomic mass is 9.93. The fraction of sp³-hybridized carbons (Fsp3) is 0.867. The zero-order valence-corrected chi connectivity index (χ0v) is 12.8. The summed E-state index contributed by atoms with van der Waals surface area (Å²) in [5.41, 5.74) is -0.322. The number of likely N-dealkylation sites (tertiary alicyclic amines) is 1. The van der Waals surface area contributed by atoms with Crippen LogP contribution in [0.5, 0.6) is 0 Å². The molecule has 1 unspecified atom stereocenters. The Morgan fingerprint density at radius 2 is 1.80 bits per heavy atom. The van der Waals surface area contributed by atoms with E-state index in [1.54, 1.807) is 0 Å². The molecule has 5 heteroatoms. The molecule has 0 spiro atoms. The zero-order valence-electron chi connectivity index (χ0n) is 12.8. The first-order valence-corrected chi connectivity index (χ1v) is 7.55. The average molecular weight is 282 g/mol. The highest BCUT2D eigenvalue weighted by atomic mass is 16.5. The largest absolute Gasteiger partial charge is 0.381 e. The topological polar surface area (TPSA) is 58.6 Å². The molecular weight excluding hydrogens is 256 g/mol. The number of nitrogens with zero attached hydrogens (tertiary/aromatic N) is 1. The minimum Gasteiger partial charge on any atom is -0.381 e. The van der Waals surface area contributed by atoms with Gasteiger partial charge in [0.2, 0.25) is 11.8 Å². The van der Waals surface area contributed by atoms with Crippen molar-refractivity contribution in [1.29, 1.82) is 0 Å². The summed E-state index contributed by atoms with van der Waals surface area (Å²) < 4.78 is 5.24. The molecule has 2 aliphatic rings. The third kappa shape index (κ3) is 3.72. The molecule has 2 aliphatic heterocycles. The minimum atomic E-state index is -0.322. The Morgan fingerprint density at radius 1 is 1.15 bits per heavy atom. The van der Waals surface area contributed by atoms with E-state index in [9.17, 15) is 9.59 Å². The van der Waals surface area contributed by atoms with Crippen molar-refractivity contribution in [3.8, 4) is 0 Å². The van der Waals surface area contributed by atoms with Crippen LogP contribution >= 0.6 is 0 Å². The second-order valence-electron chi connectivity index (χ2n) is 6.89. The van der Waals surface area contributed by atoms with E-state index in [4.69, 9.17) is 4.74 Å². The van der Waals surface area contributed by atoms with E-state index in [0.717, 1.165) is 32.4 Å². The lowest BCUT2D eigenvalue weighted by Crippen LogP contribution is -2.50. The molecule has 0 radical (unpaired) electrons. The summed E-state index contributed by atoms with van der Waals surface area (Å²) in [4.78, 5) is 26.1. The van der Waals surface area contributed by atoms with Crippen molar-refractivity contribution in [2.75, 3.05) is 26.3 Å². The molecule has 0 aromatic rings. The van der Waals surface area contributed by atoms with E-state index < -0.39 is 0 Å². The van der Waals surface area contributed by atoms with Gasteiger partial charge in [-0.25, -0.2) is 0 Å². The van der Waals surface area contributed by atoms with Crippen LogP contribution in [0.15, 0.2) is 0 Å². The van der Waals surface area contributed by atoms with Gasteiger partial charge in [0.05, 0.1) is 12.5 Å². The minimum absolute atomic E-state index is 0.0178.